The topological polar surface area (TPSA) is 96.4 Å². The van der Waals surface area contributed by atoms with Crippen LogP contribution in [0.2, 0.25) is 0 Å². The number of Topliss-reactive ketones (excluding diaryl/α,β-unsaturated/α-hetero) is 1. The van der Waals surface area contributed by atoms with Crippen LogP contribution in [0.5, 0.6) is 0 Å². The van der Waals surface area contributed by atoms with E-state index in [0.717, 1.165) is 42.5 Å². The van der Waals surface area contributed by atoms with Crippen LogP contribution in [-0.4, -0.2) is 43.6 Å². The lowest BCUT2D eigenvalue weighted by molar-refractivity contribution is -0.109. The number of fused-ring (bicyclic) bond motifs is 1. The summed E-state index contributed by atoms with van der Waals surface area (Å²) in [5.74, 6) is -0.120. The molecule has 148 valence electrons. The van der Waals surface area contributed by atoms with Crippen LogP contribution in [0.3, 0.4) is 0 Å². The van der Waals surface area contributed by atoms with Gasteiger partial charge in [0.15, 0.2) is 10.9 Å². The van der Waals surface area contributed by atoms with Gasteiger partial charge in [0.05, 0.1) is 17.1 Å². The summed E-state index contributed by atoms with van der Waals surface area (Å²) >= 11 is 0.946. The monoisotopic (exact) mass is 419 g/mol. The highest BCUT2D eigenvalue weighted by molar-refractivity contribution is 8.14. The van der Waals surface area contributed by atoms with Crippen molar-refractivity contribution in [2.75, 3.05) is 29.0 Å². The molecular formula is C19H21N3O4S2. The lowest BCUT2D eigenvalue weighted by atomic mass is 10.1. The molecule has 0 saturated heterocycles. The molecule has 0 aliphatic carbocycles. The number of hydrogen-bond acceptors (Lipinski definition) is 7. The maximum atomic E-state index is 12.7. The van der Waals surface area contributed by atoms with E-state index in [2.05, 4.69) is 9.71 Å². The minimum atomic E-state index is -3.80. The van der Waals surface area contributed by atoms with Crippen molar-refractivity contribution < 1.29 is 18.0 Å². The molecule has 0 amide bonds. The van der Waals surface area contributed by atoms with E-state index in [4.69, 9.17) is 0 Å². The smallest absolute Gasteiger partial charge is 0.263 e. The summed E-state index contributed by atoms with van der Waals surface area (Å²) in [6, 6.07) is 7.78. The van der Waals surface area contributed by atoms with Crippen LogP contribution in [0.1, 0.15) is 29.4 Å². The van der Waals surface area contributed by atoms with Crippen molar-refractivity contribution in [1.82, 2.24) is 4.98 Å². The number of ketones is 1. The number of sulfonamides is 1. The predicted octanol–water partition coefficient (Wildman–Crippen LogP) is 2.73. The number of pyridine rings is 1. The second-order valence-electron chi connectivity index (χ2n) is 6.55. The first-order valence-electron chi connectivity index (χ1n) is 8.76. The molecule has 0 unspecified atom stereocenters. The molecule has 3 rings (SSSR count). The molecule has 0 bridgehead atoms. The number of benzene rings is 1. The molecule has 1 aliphatic heterocycles. The van der Waals surface area contributed by atoms with E-state index in [-0.39, 0.29) is 21.5 Å². The number of carbonyl (C=O) groups excluding carboxylic acids is 2. The summed E-state index contributed by atoms with van der Waals surface area (Å²) in [4.78, 5) is 29.4. The maximum absolute atomic E-state index is 12.7. The van der Waals surface area contributed by atoms with Gasteiger partial charge in [0.2, 0.25) is 0 Å². The molecule has 0 spiro atoms. The summed E-state index contributed by atoms with van der Waals surface area (Å²) in [6.07, 6.45) is 3.21. The Morgan fingerprint density at radius 3 is 2.64 bits per heavy atom. The number of anilines is 2. The van der Waals surface area contributed by atoms with Crippen LogP contribution in [0.25, 0.3) is 0 Å². The molecule has 0 saturated carbocycles. The van der Waals surface area contributed by atoms with Crippen LogP contribution in [-0.2, 0) is 21.2 Å². The van der Waals surface area contributed by atoms with Gasteiger partial charge in [-0.1, -0.05) is 11.8 Å². The predicted molar refractivity (Wildman–Crippen MR) is 111 cm³/mol. The molecule has 2 aromatic rings. The highest BCUT2D eigenvalue weighted by Gasteiger charge is 2.21. The van der Waals surface area contributed by atoms with Crippen molar-refractivity contribution in [3.8, 4) is 0 Å². The molecule has 1 aromatic carbocycles. The van der Waals surface area contributed by atoms with Crippen molar-refractivity contribution in [2.24, 2.45) is 0 Å². The van der Waals surface area contributed by atoms with Crippen LogP contribution in [0.4, 0.5) is 11.4 Å². The van der Waals surface area contributed by atoms with Gasteiger partial charge in [-0.05, 0) is 43.2 Å². The quantitative estimate of drug-likeness (QED) is 0.719. The van der Waals surface area contributed by atoms with Crippen molar-refractivity contribution in [3.05, 3.63) is 47.8 Å². The zero-order chi connectivity index (χ0) is 20.3. The number of hydrogen-bond donors (Lipinski definition) is 1. The Kier molecular flexibility index (Phi) is 6.04. The Balaban J connectivity index is 1.75. The van der Waals surface area contributed by atoms with E-state index in [1.807, 2.05) is 11.9 Å². The molecular weight excluding hydrogens is 398 g/mol. The highest BCUT2D eigenvalue weighted by Crippen LogP contribution is 2.27. The third-order valence-electron chi connectivity index (χ3n) is 4.42. The average Bonchev–Trinajstić information content (AvgIpc) is 2.66. The summed E-state index contributed by atoms with van der Waals surface area (Å²) in [5, 5.41) is -0.123. The van der Waals surface area contributed by atoms with Crippen molar-refractivity contribution in [1.29, 1.82) is 0 Å². The van der Waals surface area contributed by atoms with Crippen molar-refractivity contribution in [3.63, 3.8) is 0 Å². The normalized spacial score (nSPS) is 13.7. The molecule has 1 aliphatic rings. The zero-order valence-electron chi connectivity index (χ0n) is 15.6. The van der Waals surface area contributed by atoms with Crippen LogP contribution in [0.15, 0.2) is 41.4 Å². The Morgan fingerprint density at radius 2 is 1.96 bits per heavy atom. The number of carbonyl (C=O) groups is 2. The summed E-state index contributed by atoms with van der Waals surface area (Å²) in [6.45, 7) is 2.27. The molecule has 0 atom stereocenters. The number of aromatic nitrogens is 1. The lowest BCUT2D eigenvalue weighted by Gasteiger charge is -2.26. The zero-order valence-corrected chi connectivity index (χ0v) is 17.3. The van der Waals surface area contributed by atoms with Crippen molar-refractivity contribution >= 4 is 44.1 Å². The second-order valence-corrected chi connectivity index (χ2v) is 9.38. The van der Waals surface area contributed by atoms with Gasteiger partial charge >= 0.3 is 0 Å². The second kappa shape index (κ2) is 8.32. The Bertz CT molecular complexity index is 1000. The average molecular weight is 420 g/mol. The SMILES string of the molecule is CC(=O)SCC(=O)c1ccc(NS(=O)(=O)c2cnc3c(c2)N(C)CCC3)cc1. The van der Waals surface area contributed by atoms with E-state index >= 15 is 0 Å². The van der Waals surface area contributed by atoms with Crippen LogP contribution >= 0.6 is 11.8 Å². The van der Waals surface area contributed by atoms with E-state index in [0.29, 0.717) is 11.3 Å². The number of aryl methyl sites for hydroxylation is 1. The Labute approximate surface area is 168 Å². The minimum absolute atomic E-state index is 0.0642. The molecule has 2 heterocycles. The summed E-state index contributed by atoms with van der Waals surface area (Å²) in [5.41, 5.74) is 2.51. The van der Waals surface area contributed by atoms with Crippen LogP contribution in [0, 0.1) is 0 Å². The summed E-state index contributed by atoms with van der Waals surface area (Å²) in [7, 11) is -1.88. The third-order valence-corrected chi connectivity index (χ3v) is 6.58. The van der Waals surface area contributed by atoms with Gasteiger partial charge in [0.1, 0.15) is 4.90 Å². The van der Waals surface area contributed by atoms with E-state index in [9.17, 15) is 18.0 Å². The minimum Gasteiger partial charge on any atom is -0.373 e. The number of nitrogens with one attached hydrogen (secondary N) is 1. The summed E-state index contributed by atoms with van der Waals surface area (Å²) < 4.78 is 27.9. The fraction of sp³-hybridized carbons (Fsp3) is 0.316. The van der Waals surface area contributed by atoms with Crippen LogP contribution < -0.4 is 9.62 Å². The number of rotatable bonds is 6. The maximum Gasteiger partial charge on any atom is 0.263 e. The van der Waals surface area contributed by atoms with Gasteiger partial charge in [-0.2, -0.15) is 0 Å². The number of thioether (sulfide) groups is 1. The molecule has 1 N–H and O–H groups in total. The highest BCUT2D eigenvalue weighted by atomic mass is 32.2. The lowest BCUT2D eigenvalue weighted by Crippen LogP contribution is -2.26. The first-order valence-corrected chi connectivity index (χ1v) is 11.2. The standard InChI is InChI=1S/C19H21N3O4S2/c1-13(23)27-12-19(24)14-5-7-15(8-6-14)21-28(25,26)16-10-18-17(20-11-16)4-3-9-22(18)2/h5-8,10-11,21H,3-4,9,12H2,1-2H3. The van der Waals surface area contributed by atoms with Gasteiger partial charge in [-0.3, -0.25) is 19.3 Å². The molecule has 9 heteroatoms. The molecule has 0 fully saturated rings. The van der Waals surface area contributed by atoms with E-state index < -0.39 is 10.0 Å². The molecule has 1 aromatic heterocycles. The van der Waals surface area contributed by atoms with Gasteiger partial charge in [-0.25, -0.2) is 8.42 Å². The van der Waals surface area contributed by atoms with E-state index in [1.165, 1.54) is 25.3 Å². The van der Waals surface area contributed by atoms with Gasteiger partial charge in [0.25, 0.3) is 10.0 Å². The Morgan fingerprint density at radius 1 is 1.25 bits per heavy atom. The molecule has 7 nitrogen and oxygen atoms in total. The fourth-order valence-electron chi connectivity index (χ4n) is 2.93. The first-order chi connectivity index (χ1) is 13.3. The first kappa shape index (κ1) is 20.3. The third kappa shape index (κ3) is 4.71. The molecule has 0 radical (unpaired) electrons. The number of nitrogens with zero attached hydrogens (tertiary/aromatic N) is 2. The van der Waals surface area contributed by atoms with Gasteiger partial charge < -0.3 is 4.90 Å². The largest absolute Gasteiger partial charge is 0.373 e. The fourth-order valence-corrected chi connectivity index (χ4v) is 4.45. The van der Waals surface area contributed by atoms with Gasteiger partial charge in [0, 0.05) is 38.0 Å². The molecule has 28 heavy (non-hydrogen) atoms. The van der Waals surface area contributed by atoms with Gasteiger partial charge in [-0.15, -0.1) is 0 Å². The Hall–Kier alpha value is -2.39. The van der Waals surface area contributed by atoms with E-state index in [1.54, 1.807) is 18.2 Å². The van der Waals surface area contributed by atoms with Crippen molar-refractivity contribution in [2.45, 2.75) is 24.7 Å².